The van der Waals surface area contributed by atoms with E-state index in [-0.39, 0.29) is 0 Å². The van der Waals surface area contributed by atoms with Gasteiger partial charge in [0.2, 0.25) is 0 Å². The van der Waals surface area contributed by atoms with Gasteiger partial charge in [-0.1, -0.05) is 12.1 Å². The first-order valence-corrected chi connectivity index (χ1v) is 6.60. The molecule has 1 aliphatic heterocycles. The quantitative estimate of drug-likeness (QED) is 0.842. The van der Waals surface area contributed by atoms with Crippen LogP contribution < -0.4 is 9.64 Å². The van der Waals surface area contributed by atoms with E-state index in [0.29, 0.717) is 0 Å². The molecular formula is C16H18N2O. The van der Waals surface area contributed by atoms with Crippen LogP contribution in [0.4, 0.5) is 5.69 Å². The number of pyridine rings is 1. The molecule has 1 aliphatic rings. The summed E-state index contributed by atoms with van der Waals surface area (Å²) in [6, 6.07) is 10.4. The molecule has 0 atom stereocenters. The van der Waals surface area contributed by atoms with Gasteiger partial charge in [-0.15, -0.1) is 0 Å². The van der Waals surface area contributed by atoms with Crippen molar-refractivity contribution in [1.29, 1.82) is 0 Å². The molecule has 0 saturated heterocycles. The monoisotopic (exact) mass is 254 g/mol. The first-order chi connectivity index (χ1) is 9.28. The number of nitrogens with zero attached hydrogens (tertiary/aromatic N) is 2. The lowest BCUT2D eigenvalue weighted by Crippen LogP contribution is -2.20. The van der Waals surface area contributed by atoms with Gasteiger partial charge in [-0.3, -0.25) is 4.98 Å². The Balaban J connectivity index is 1.84. The number of methoxy groups -OCH3 is 1. The van der Waals surface area contributed by atoms with Crippen LogP contribution in [0.5, 0.6) is 5.75 Å². The van der Waals surface area contributed by atoms with E-state index in [1.807, 2.05) is 12.1 Å². The van der Waals surface area contributed by atoms with Gasteiger partial charge in [-0.25, -0.2) is 0 Å². The second kappa shape index (κ2) is 4.92. The van der Waals surface area contributed by atoms with Crippen LogP contribution in [0.3, 0.4) is 0 Å². The Bertz CT molecular complexity index is 595. The van der Waals surface area contributed by atoms with E-state index < -0.39 is 0 Å². The maximum Gasteiger partial charge on any atom is 0.122 e. The van der Waals surface area contributed by atoms with Gasteiger partial charge >= 0.3 is 0 Å². The highest BCUT2D eigenvalue weighted by atomic mass is 16.5. The summed E-state index contributed by atoms with van der Waals surface area (Å²) in [5.74, 6) is 0.869. The molecule has 2 aromatic rings. The van der Waals surface area contributed by atoms with Crippen molar-refractivity contribution in [1.82, 2.24) is 4.98 Å². The maximum atomic E-state index is 5.25. The normalized spacial score (nSPS) is 13.5. The molecule has 1 aromatic carbocycles. The Morgan fingerprint density at radius 3 is 3.05 bits per heavy atom. The molecule has 0 bridgehead atoms. The number of benzene rings is 1. The van der Waals surface area contributed by atoms with Gasteiger partial charge < -0.3 is 9.64 Å². The molecule has 98 valence electrons. The SMILES string of the molecule is COc1ccnc(CN2CCc3c(C)cccc32)c1. The van der Waals surface area contributed by atoms with Crippen LogP contribution in [0.1, 0.15) is 16.8 Å². The highest BCUT2D eigenvalue weighted by molar-refractivity contribution is 5.60. The molecule has 2 heterocycles. The highest BCUT2D eigenvalue weighted by Gasteiger charge is 2.20. The predicted octanol–water partition coefficient (Wildman–Crippen LogP) is 2.96. The summed E-state index contributed by atoms with van der Waals surface area (Å²) >= 11 is 0. The number of aromatic nitrogens is 1. The summed E-state index contributed by atoms with van der Waals surface area (Å²) in [7, 11) is 1.69. The minimum Gasteiger partial charge on any atom is -0.497 e. The molecule has 0 amide bonds. The second-order valence-corrected chi connectivity index (χ2v) is 4.93. The van der Waals surface area contributed by atoms with Crippen molar-refractivity contribution in [3.8, 4) is 5.75 Å². The lowest BCUT2D eigenvalue weighted by atomic mass is 10.1. The third-order valence-electron chi connectivity index (χ3n) is 3.73. The van der Waals surface area contributed by atoms with Gasteiger partial charge in [0.1, 0.15) is 5.75 Å². The summed E-state index contributed by atoms with van der Waals surface area (Å²) in [6.45, 7) is 4.10. The fourth-order valence-corrected chi connectivity index (χ4v) is 2.70. The van der Waals surface area contributed by atoms with Crippen molar-refractivity contribution in [3.05, 3.63) is 53.3 Å². The van der Waals surface area contributed by atoms with E-state index in [0.717, 1.165) is 31.0 Å². The molecule has 3 rings (SSSR count). The van der Waals surface area contributed by atoms with E-state index >= 15 is 0 Å². The van der Waals surface area contributed by atoms with E-state index in [4.69, 9.17) is 4.74 Å². The van der Waals surface area contributed by atoms with Gasteiger partial charge in [-0.2, -0.15) is 0 Å². The van der Waals surface area contributed by atoms with E-state index in [1.54, 1.807) is 13.3 Å². The van der Waals surface area contributed by atoms with Crippen molar-refractivity contribution in [2.45, 2.75) is 19.9 Å². The fraction of sp³-hybridized carbons (Fsp3) is 0.312. The number of rotatable bonds is 3. The topological polar surface area (TPSA) is 25.4 Å². The average molecular weight is 254 g/mol. The average Bonchev–Trinajstić information content (AvgIpc) is 2.84. The first-order valence-electron chi connectivity index (χ1n) is 6.60. The Labute approximate surface area is 113 Å². The second-order valence-electron chi connectivity index (χ2n) is 4.93. The first kappa shape index (κ1) is 12.0. The molecule has 1 aromatic heterocycles. The molecule has 0 spiro atoms. The number of fused-ring (bicyclic) bond motifs is 1. The van der Waals surface area contributed by atoms with Crippen LogP contribution in [-0.2, 0) is 13.0 Å². The third-order valence-corrected chi connectivity index (χ3v) is 3.73. The van der Waals surface area contributed by atoms with Gasteiger partial charge in [0.05, 0.1) is 19.3 Å². The van der Waals surface area contributed by atoms with Gasteiger partial charge in [0.15, 0.2) is 0 Å². The summed E-state index contributed by atoms with van der Waals surface area (Å²) in [6.07, 6.45) is 2.94. The molecule has 3 nitrogen and oxygen atoms in total. The zero-order chi connectivity index (χ0) is 13.2. The Morgan fingerprint density at radius 2 is 2.21 bits per heavy atom. The standard InChI is InChI=1S/C16H18N2O/c1-12-4-3-5-16-15(12)7-9-18(16)11-13-10-14(19-2)6-8-17-13/h3-6,8,10H,7,9,11H2,1-2H3. The zero-order valence-electron chi connectivity index (χ0n) is 11.4. The van der Waals surface area contributed by atoms with Crippen molar-refractivity contribution in [2.75, 3.05) is 18.6 Å². The molecule has 0 N–H and O–H groups in total. The Hall–Kier alpha value is -2.03. The van der Waals surface area contributed by atoms with Crippen LogP contribution >= 0.6 is 0 Å². The van der Waals surface area contributed by atoms with Crippen LogP contribution in [0.15, 0.2) is 36.5 Å². The molecule has 0 fully saturated rings. The number of hydrogen-bond acceptors (Lipinski definition) is 3. The minimum absolute atomic E-state index is 0.841. The molecule has 0 saturated carbocycles. The molecular weight excluding hydrogens is 236 g/mol. The van der Waals surface area contributed by atoms with E-state index in [9.17, 15) is 0 Å². The van der Waals surface area contributed by atoms with Crippen molar-refractivity contribution < 1.29 is 4.74 Å². The molecule has 0 unspecified atom stereocenters. The molecule has 3 heteroatoms. The number of ether oxygens (including phenoxy) is 1. The maximum absolute atomic E-state index is 5.25. The van der Waals surface area contributed by atoms with E-state index in [2.05, 4.69) is 35.0 Å². The lowest BCUT2D eigenvalue weighted by Gasteiger charge is -2.19. The van der Waals surface area contributed by atoms with Crippen LogP contribution in [0.2, 0.25) is 0 Å². The summed E-state index contributed by atoms with van der Waals surface area (Å²) in [4.78, 5) is 6.82. The zero-order valence-corrected chi connectivity index (χ0v) is 11.4. The van der Waals surface area contributed by atoms with Gasteiger partial charge in [0, 0.05) is 24.5 Å². The van der Waals surface area contributed by atoms with Crippen molar-refractivity contribution >= 4 is 5.69 Å². The van der Waals surface area contributed by atoms with Crippen molar-refractivity contribution in [3.63, 3.8) is 0 Å². The van der Waals surface area contributed by atoms with Crippen LogP contribution in [0, 0.1) is 6.92 Å². The molecule has 0 aliphatic carbocycles. The smallest absolute Gasteiger partial charge is 0.122 e. The fourth-order valence-electron chi connectivity index (χ4n) is 2.70. The van der Waals surface area contributed by atoms with Crippen molar-refractivity contribution in [2.24, 2.45) is 0 Å². The summed E-state index contributed by atoms with van der Waals surface area (Å²) in [5.41, 5.74) is 5.27. The summed E-state index contributed by atoms with van der Waals surface area (Å²) in [5, 5.41) is 0. The third kappa shape index (κ3) is 2.28. The number of hydrogen-bond donors (Lipinski definition) is 0. The molecule has 19 heavy (non-hydrogen) atoms. The predicted molar refractivity (Wildman–Crippen MR) is 76.7 cm³/mol. The lowest BCUT2D eigenvalue weighted by molar-refractivity contribution is 0.413. The van der Waals surface area contributed by atoms with Crippen LogP contribution in [0.25, 0.3) is 0 Å². The van der Waals surface area contributed by atoms with E-state index in [1.165, 1.54) is 16.8 Å². The van der Waals surface area contributed by atoms with Gasteiger partial charge in [0.25, 0.3) is 0 Å². The number of aryl methyl sites for hydroxylation is 1. The molecule has 0 radical (unpaired) electrons. The number of anilines is 1. The highest BCUT2D eigenvalue weighted by Crippen LogP contribution is 2.31. The Kier molecular flexibility index (Phi) is 3.11. The van der Waals surface area contributed by atoms with Crippen LogP contribution in [-0.4, -0.2) is 18.6 Å². The summed E-state index contributed by atoms with van der Waals surface area (Å²) < 4.78 is 5.25. The minimum atomic E-state index is 0.841. The largest absolute Gasteiger partial charge is 0.497 e. The van der Waals surface area contributed by atoms with Gasteiger partial charge in [-0.05, 0) is 36.6 Å². The Morgan fingerprint density at radius 1 is 1.32 bits per heavy atom.